The number of nitrogens with one attached hydrogen (secondary N) is 1. The summed E-state index contributed by atoms with van der Waals surface area (Å²) < 4.78 is 28.6. The first-order valence-corrected chi connectivity index (χ1v) is 9.86. The number of amides is 1. The molecule has 128 valence electrons. The number of rotatable bonds is 4. The normalized spacial score (nSPS) is 23.4. The molecule has 0 aromatic rings. The monoisotopic (exact) mass is 331 g/mol. The van der Waals surface area contributed by atoms with Crippen LogP contribution in [0.4, 0.5) is 0 Å². The molecule has 0 bridgehead atoms. The Kier molecular flexibility index (Phi) is 6.23. The van der Waals surface area contributed by atoms with Crippen molar-refractivity contribution in [3.63, 3.8) is 0 Å². The summed E-state index contributed by atoms with van der Waals surface area (Å²) in [5.74, 6) is -0.000181. The smallest absolute Gasteiger partial charge is 0.281 e. The summed E-state index contributed by atoms with van der Waals surface area (Å²) in [6.45, 7) is 6.06. The van der Waals surface area contributed by atoms with Crippen molar-refractivity contribution in [2.24, 2.45) is 5.92 Å². The van der Waals surface area contributed by atoms with Crippen LogP contribution in [0, 0.1) is 5.92 Å². The molecule has 0 radical (unpaired) electrons. The van der Waals surface area contributed by atoms with Gasteiger partial charge in [-0.05, 0) is 39.5 Å². The lowest BCUT2D eigenvalue weighted by atomic mass is 9.97. The summed E-state index contributed by atoms with van der Waals surface area (Å²) in [4.78, 5) is 12.0. The largest absolute Gasteiger partial charge is 0.354 e. The molecule has 2 rings (SSSR count). The van der Waals surface area contributed by atoms with Gasteiger partial charge < -0.3 is 5.32 Å². The van der Waals surface area contributed by atoms with Gasteiger partial charge in [0.2, 0.25) is 5.91 Å². The minimum atomic E-state index is -3.35. The second-order valence-electron chi connectivity index (χ2n) is 6.66. The first kappa shape index (κ1) is 17.7. The quantitative estimate of drug-likeness (QED) is 0.845. The van der Waals surface area contributed by atoms with Gasteiger partial charge >= 0.3 is 0 Å². The fourth-order valence-corrected chi connectivity index (χ4v) is 4.91. The molecular formula is C15H29N3O3S. The van der Waals surface area contributed by atoms with E-state index in [2.05, 4.69) is 5.32 Å². The summed E-state index contributed by atoms with van der Waals surface area (Å²) >= 11 is 0. The van der Waals surface area contributed by atoms with E-state index < -0.39 is 10.2 Å². The van der Waals surface area contributed by atoms with E-state index >= 15 is 0 Å². The number of carbonyl (C=O) groups excluding carboxylic acids is 1. The van der Waals surface area contributed by atoms with Crippen LogP contribution in [0.15, 0.2) is 0 Å². The number of carbonyl (C=O) groups is 1. The van der Waals surface area contributed by atoms with E-state index in [1.165, 1.54) is 0 Å². The van der Waals surface area contributed by atoms with Gasteiger partial charge in [-0.1, -0.05) is 12.8 Å². The second kappa shape index (κ2) is 7.75. The fourth-order valence-electron chi connectivity index (χ4n) is 3.19. The van der Waals surface area contributed by atoms with E-state index in [9.17, 15) is 13.2 Å². The predicted molar refractivity (Wildman–Crippen MR) is 86.5 cm³/mol. The zero-order valence-electron chi connectivity index (χ0n) is 13.8. The summed E-state index contributed by atoms with van der Waals surface area (Å²) in [6, 6.07) is 0.131. The molecule has 2 saturated heterocycles. The average Bonchev–Trinajstić information content (AvgIpc) is 2.76. The van der Waals surface area contributed by atoms with Crippen molar-refractivity contribution >= 4 is 16.1 Å². The molecule has 0 aromatic carbocycles. The highest BCUT2D eigenvalue weighted by Crippen LogP contribution is 2.23. The molecule has 0 saturated carbocycles. The van der Waals surface area contributed by atoms with Gasteiger partial charge in [0.1, 0.15) is 0 Å². The highest BCUT2D eigenvalue weighted by atomic mass is 32.2. The van der Waals surface area contributed by atoms with Crippen LogP contribution in [-0.4, -0.2) is 55.2 Å². The van der Waals surface area contributed by atoms with Gasteiger partial charge in [-0.15, -0.1) is 0 Å². The van der Waals surface area contributed by atoms with Gasteiger partial charge in [0, 0.05) is 38.1 Å². The predicted octanol–water partition coefficient (Wildman–Crippen LogP) is 1.34. The number of hydrogen-bond acceptors (Lipinski definition) is 3. The molecule has 1 N–H and O–H groups in total. The summed E-state index contributed by atoms with van der Waals surface area (Å²) in [7, 11) is -3.35. The van der Waals surface area contributed by atoms with Crippen molar-refractivity contribution in [2.75, 3.05) is 26.2 Å². The van der Waals surface area contributed by atoms with Crippen LogP contribution in [0.3, 0.4) is 0 Å². The van der Waals surface area contributed by atoms with Crippen molar-refractivity contribution in [3.05, 3.63) is 0 Å². The van der Waals surface area contributed by atoms with E-state index in [1.54, 1.807) is 8.61 Å². The Hall–Kier alpha value is -0.660. The highest BCUT2D eigenvalue weighted by molar-refractivity contribution is 7.86. The Balaban J connectivity index is 1.91. The molecule has 2 fully saturated rings. The molecule has 0 aromatic heterocycles. The summed E-state index contributed by atoms with van der Waals surface area (Å²) in [6.07, 6.45) is 5.36. The number of piperidine rings is 1. The summed E-state index contributed by atoms with van der Waals surface area (Å²) in [5.41, 5.74) is 0. The van der Waals surface area contributed by atoms with E-state index in [1.807, 2.05) is 13.8 Å². The van der Waals surface area contributed by atoms with E-state index in [0.717, 1.165) is 25.7 Å². The van der Waals surface area contributed by atoms with Crippen LogP contribution in [-0.2, 0) is 15.0 Å². The van der Waals surface area contributed by atoms with E-state index in [4.69, 9.17) is 0 Å². The third-order valence-electron chi connectivity index (χ3n) is 4.47. The average molecular weight is 331 g/mol. The Labute approximate surface area is 134 Å². The van der Waals surface area contributed by atoms with Gasteiger partial charge in [0.25, 0.3) is 10.2 Å². The SMILES string of the molecule is CC(C)NC(=O)C1CCN(S(=O)(=O)N2CCCCCC2)CC1. The molecular weight excluding hydrogens is 302 g/mol. The van der Waals surface area contributed by atoms with Crippen molar-refractivity contribution < 1.29 is 13.2 Å². The third-order valence-corrected chi connectivity index (χ3v) is 6.51. The number of hydrogen-bond donors (Lipinski definition) is 1. The van der Waals surface area contributed by atoms with Crippen molar-refractivity contribution in [1.82, 2.24) is 13.9 Å². The van der Waals surface area contributed by atoms with Crippen LogP contribution in [0.5, 0.6) is 0 Å². The van der Waals surface area contributed by atoms with Gasteiger partial charge in [-0.25, -0.2) is 0 Å². The van der Waals surface area contributed by atoms with Crippen LogP contribution in [0.1, 0.15) is 52.4 Å². The molecule has 0 spiro atoms. The van der Waals surface area contributed by atoms with Crippen LogP contribution in [0.2, 0.25) is 0 Å². The van der Waals surface area contributed by atoms with E-state index in [0.29, 0.717) is 39.0 Å². The zero-order valence-corrected chi connectivity index (χ0v) is 14.6. The Morgan fingerprint density at radius 3 is 1.95 bits per heavy atom. The molecule has 0 atom stereocenters. The molecule has 7 heteroatoms. The lowest BCUT2D eigenvalue weighted by molar-refractivity contribution is -0.126. The number of nitrogens with zero attached hydrogens (tertiary/aromatic N) is 2. The zero-order chi connectivity index (χ0) is 16.2. The van der Waals surface area contributed by atoms with Gasteiger partial charge in [-0.2, -0.15) is 17.0 Å². The van der Waals surface area contributed by atoms with Gasteiger partial charge in [0.05, 0.1) is 0 Å². The highest BCUT2D eigenvalue weighted by Gasteiger charge is 2.34. The third kappa shape index (κ3) is 4.43. The lowest BCUT2D eigenvalue weighted by Gasteiger charge is -2.34. The molecule has 1 amide bonds. The second-order valence-corrected chi connectivity index (χ2v) is 8.59. The molecule has 0 unspecified atom stereocenters. The van der Waals surface area contributed by atoms with Crippen LogP contribution in [0.25, 0.3) is 0 Å². The lowest BCUT2D eigenvalue weighted by Crippen LogP contribution is -2.49. The standard InChI is InChI=1S/C15H29N3O3S/c1-13(2)16-15(19)14-7-11-18(12-8-14)22(20,21)17-9-5-3-4-6-10-17/h13-14H,3-12H2,1-2H3,(H,16,19). The molecule has 2 aliphatic heterocycles. The molecule has 22 heavy (non-hydrogen) atoms. The summed E-state index contributed by atoms with van der Waals surface area (Å²) in [5, 5.41) is 2.92. The maximum Gasteiger partial charge on any atom is 0.281 e. The topological polar surface area (TPSA) is 69.7 Å². The minimum Gasteiger partial charge on any atom is -0.354 e. The minimum absolute atomic E-state index is 0.0572. The Morgan fingerprint density at radius 1 is 0.955 bits per heavy atom. The van der Waals surface area contributed by atoms with Crippen molar-refractivity contribution in [3.8, 4) is 0 Å². The Bertz CT molecular complexity index is 462. The first-order chi connectivity index (χ1) is 10.4. The maximum atomic E-state index is 12.7. The van der Waals surface area contributed by atoms with Crippen LogP contribution < -0.4 is 5.32 Å². The molecule has 6 nitrogen and oxygen atoms in total. The fraction of sp³-hybridized carbons (Fsp3) is 0.933. The molecule has 2 aliphatic rings. The molecule has 2 heterocycles. The first-order valence-electron chi connectivity index (χ1n) is 8.47. The van der Waals surface area contributed by atoms with Gasteiger partial charge in [-0.3, -0.25) is 4.79 Å². The maximum absolute atomic E-state index is 12.7. The van der Waals surface area contributed by atoms with E-state index in [-0.39, 0.29) is 17.9 Å². The van der Waals surface area contributed by atoms with Crippen LogP contribution >= 0.6 is 0 Å². The van der Waals surface area contributed by atoms with Crippen molar-refractivity contribution in [2.45, 2.75) is 58.4 Å². The van der Waals surface area contributed by atoms with Gasteiger partial charge in [0.15, 0.2) is 0 Å². The van der Waals surface area contributed by atoms with Crippen molar-refractivity contribution in [1.29, 1.82) is 0 Å². The molecule has 0 aliphatic carbocycles. The Morgan fingerprint density at radius 2 is 1.45 bits per heavy atom.